The van der Waals surface area contributed by atoms with Crippen molar-refractivity contribution in [1.29, 1.82) is 0 Å². The summed E-state index contributed by atoms with van der Waals surface area (Å²) in [6, 6.07) is 13.6. The Hall–Kier alpha value is -4.78. The summed E-state index contributed by atoms with van der Waals surface area (Å²) >= 11 is 0. The van der Waals surface area contributed by atoms with Gasteiger partial charge in [-0.15, -0.1) is 0 Å². The van der Waals surface area contributed by atoms with E-state index in [-0.39, 0.29) is 11.8 Å². The lowest BCUT2D eigenvalue weighted by molar-refractivity contribution is -0.124. The van der Waals surface area contributed by atoms with Crippen LogP contribution in [0.3, 0.4) is 0 Å². The molecule has 0 bridgehead atoms. The van der Waals surface area contributed by atoms with E-state index in [2.05, 4.69) is 33.5 Å². The third-order valence-electron chi connectivity index (χ3n) is 4.74. The molecule has 0 atom stereocenters. The number of amides is 4. The van der Waals surface area contributed by atoms with Crippen molar-refractivity contribution in [3.05, 3.63) is 65.7 Å². The van der Waals surface area contributed by atoms with Crippen LogP contribution in [0, 0.1) is 11.8 Å². The molecule has 0 spiro atoms. The highest BCUT2D eigenvalue weighted by Crippen LogP contribution is 2.22. The molecule has 1 heterocycles. The minimum atomic E-state index is -0.588. The standard InChI is InChI=1S/C16H17N3O2.C8H10N2O.C2H6N2/c1-2-4-15(20)19-10-3-5-13(11-19)12-6-8-14(9-7-12)18-16(17)21;1-10-8(11)6-2-4-7(9)5-3-6;1-4-2-3/h5-9H,3,10-11H2,1H3,(H3,17,18,21);2-5H,9H2,1H3,(H,10,11);2H,1H3,(H2,3,4). The molecule has 10 heteroatoms. The van der Waals surface area contributed by atoms with Gasteiger partial charge in [0.15, 0.2) is 0 Å². The molecule has 4 amide bonds. The van der Waals surface area contributed by atoms with E-state index in [9.17, 15) is 14.4 Å². The van der Waals surface area contributed by atoms with Crippen LogP contribution in [-0.2, 0) is 4.79 Å². The first-order valence-corrected chi connectivity index (χ1v) is 11.0. The molecule has 10 nitrogen and oxygen atoms in total. The number of anilines is 2. The van der Waals surface area contributed by atoms with Crippen LogP contribution in [0.15, 0.2) is 59.6 Å². The molecule has 36 heavy (non-hydrogen) atoms. The molecular weight excluding hydrogens is 458 g/mol. The summed E-state index contributed by atoms with van der Waals surface area (Å²) in [6.45, 7) is 2.90. The highest BCUT2D eigenvalue weighted by molar-refractivity contribution is 5.95. The maximum absolute atomic E-state index is 11.8. The highest BCUT2D eigenvalue weighted by atomic mass is 16.2. The van der Waals surface area contributed by atoms with E-state index in [1.807, 2.05) is 12.1 Å². The Morgan fingerprint density at radius 1 is 1.08 bits per heavy atom. The molecule has 0 saturated heterocycles. The number of nitrogens with one attached hydrogen (secondary N) is 2. The molecule has 0 aromatic heterocycles. The molecule has 0 aliphatic carbocycles. The zero-order valence-corrected chi connectivity index (χ0v) is 20.7. The first-order chi connectivity index (χ1) is 17.2. The lowest BCUT2D eigenvalue weighted by atomic mass is 10.0. The minimum absolute atomic E-state index is 0.0926. The van der Waals surface area contributed by atoms with Crippen molar-refractivity contribution in [2.24, 2.45) is 16.5 Å². The number of benzene rings is 2. The number of hydrogen-bond acceptors (Lipinski definition) is 5. The first-order valence-electron chi connectivity index (χ1n) is 11.0. The van der Waals surface area contributed by atoms with Crippen LogP contribution in [-0.4, -0.2) is 56.3 Å². The molecule has 1 aliphatic rings. The number of aliphatic imine (C=N–C) groups is 1. The van der Waals surface area contributed by atoms with Gasteiger partial charge in [-0.1, -0.05) is 24.1 Å². The molecule has 1 aliphatic heterocycles. The van der Waals surface area contributed by atoms with Crippen LogP contribution in [0.4, 0.5) is 16.2 Å². The SMILES string of the molecule is CC#CC(=O)N1CCC=C(c2ccc(NC(N)=O)cc2)C1.CN=CN.CNC(=O)c1ccc(N)cc1. The number of hydrogen-bond donors (Lipinski definition) is 5. The third kappa shape index (κ3) is 10.4. The minimum Gasteiger partial charge on any atom is -0.399 e. The second kappa shape index (κ2) is 16.0. The Labute approximate surface area is 211 Å². The molecule has 0 saturated carbocycles. The van der Waals surface area contributed by atoms with Crippen LogP contribution in [0.25, 0.3) is 5.57 Å². The van der Waals surface area contributed by atoms with Crippen LogP contribution >= 0.6 is 0 Å². The van der Waals surface area contributed by atoms with Gasteiger partial charge in [0.25, 0.3) is 11.8 Å². The Kier molecular flexibility index (Phi) is 13.0. The number of primary amides is 1. The summed E-state index contributed by atoms with van der Waals surface area (Å²) < 4.78 is 0. The van der Waals surface area contributed by atoms with Gasteiger partial charge in [0, 0.05) is 44.1 Å². The van der Waals surface area contributed by atoms with Crippen molar-refractivity contribution in [1.82, 2.24) is 10.2 Å². The van der Waals surface area contributed by atoms with E-state index >= 15 is 0 Å². The van der Waals surface area contributed by atoms with Gasteiger partial charge in [-0.3, -0.25) is 14.6 Å². The van der Waals surface area contributed by atoms with Gasteiger partial charge in [0.2, 0.25) is 0 Å². The number of rotatable bonds is 3. The Morgan fingerprint density at radius 2 is 1.69 bits per heavy atom. The van der Waals surface area contributed by atoms with Gasteiger partial charge in [-0.05, 0) is 66.8 Å². The van der Waals surface area contributed by atoms with Crippen LogP contribution < -0.4 is 27.8 Å². The Morgan fingerprint density at radius 3 is 2.19 bits per heavy atom. The Balaban J connectivity index is 0.000000360. The molecular formula is C26H33N7O3. The van der Waals surface area contributed by atoms with Crippen molar-refractivity contribution in [2.45, 2.75) is 13.3 Å². The van der Waals surface area contributed by atoms with Gasteiger partial charge < -0.3 is 32.7 Å². The summed E-state index contributed by atoms with van der Waals surface area (Å²) in [4.78, 5) is 38.7. The largest absolute Gasteiger partial charge is 0.399 e. The second-order valence-electron chi connectivity index (χ2n) is 7.29. The maximum Gasteiger partial charge on any atom is 0.316 e. The van der Waals surface area contributed by atoms with Crippen molar-refractivity contribution in [3.63, 3.8) is 0 Å². The number of urea groups is 1. The normalized spacial score (nSPS) is 11.9. The van der Waals surface area contributed by atoms with Gasteiger partial charge >= 0.3 is 6.03 Å². The van der Waals surface area contributed by atoms with Gasteiger partial charge in [0.1, 0.15) is 0 Å². The number of carbonyl (C=O) groups is 3. The molecule has 8 N–H and O–H groups in total. The van der Waals surface area contributed by atoms with Gasteiger partial charge in [-0.25, -0.2) is 4.79 Å². The summed E-state index contributed by atoms with van der Waals surface area (Å²) in [5.41, 5.74) is 19.3. The molecule has 0 fully saturated rings. The van der Waals surface area contributed by atoms with E-state index in [1.54, 1.807) is 62.3 Å². The number of nitrogen functional groups attached to an aromatic ring is 1. The van der Waals surface area contributed by atoms with E-state index in [0.717, 1.165) is 17.6 Å². The molecule has 2 aromatic rings. The van der Waals surface area contributed by atoms with Crippen molar-refractivity contribution in [3.8, 4) is 11.8 Å². The van der Waals surface area contributed by atoms with E-state index in [4.69, 9.17) is 17.2 Å². The lowest BCUT2D eigenvalue weighted by Gasteiger charge is -2.25. The predicted octanol–water partition coefficient (Wildman–Crippen LogP) is 2.05. The fraction of sp³-hybridized carbons (Fsp3) is 0.231. The number of carbonyl (C=O) groups excluding carboxylic acids is 3. The van der Waals surface area contributed by atoms with E-state index in [0.29, 0.717) is 30.0 Å². The molecule has 2 aromatic carbocycles. The zero-order valence-electron chi connectivity index (χ0n) is 20.7. The van der Waals surface area contributed by atoms with Crippen molar-refractivity contribution in [2.75, 3.05) is 38.2 Å². The van der Waals surface area contributed by atoms with Crippen LogP contribution in [0.2, 0.25) is 0 Å². The lowest BCUT2D eigenvalue weighted by Crippen LogP contribution is -2.34. The number of nitrogens with two attached hydrogens (primary N) is 3. The van der Waals surface area contributed by atoms with Crippen LogP contribution in [0.1, 0.15) is 29.3 Å². The number of nitrogens with zero attached hydrogens (tertiary/aromatic N) is 2. The predicted molar refractivity (Wildman–Crippen MR) is 145 cm³/mol. The van der Waals surface area contributed by atoms with Gasteiger partial charge in [-0.2, -0.15) is 0 Å². The topological polar surface area (TPSA) is 169 Å². The molecule has 190 valence electrons. The first kappa shape index (κ1) is 29.3. The summed E-state index contributed by atoms with van der Waals surface area (Å²) in [5.74, 6) is 4.96. The quantitative estimate of drug-likeness (QED) is 0.191. The molecule has 0 radical (unpaired) electrons. The smallest absolute Gasteiger partial charge is 0.316 e. The van der Waals surface area contributed by atoms with E-state index in [1.165, 1.54) is 6.34 Å². The monoisotopic (exact) mass is 491 g/mol. The third-order valence-corrected chi connectivity index (χ3v) is 4.74. The zero-order chi connectivity index (χ0) is 26.9. The van der Waals surface area contributed by atoms with Crippen LogP contribution in [0.5, 0.6) is 0 Å². The van der Waals surface area contributed by atoms with Gasteiger partial charge in [0.05, 0.1) is 6.34 Å². The second-order valence-corrected chi connectivity index (χ2v) is 7.29. The highest BCUT2D eigenvalue weighted by Gasteiger charge is 2.17. The summed E-state index contributed by atoms with van der Waals surface area (Å²) in [6.07, 6.45) is 4.19. The fourth-order valence-corrected chi connectivity index (χ4v) is 3.00. The van der Waals surface area contributed by atoms with E-state index < -0.39 is 6.03 Å². The average Bonchev–Trinajstić information content (AvgIpc) is 2.89. The van der Waals surface area contributed by atoms with Crippen molar-refractivity contribution < 1.29 is 14.4 Å². The average molecular weight is 492 g/mol. The fourth-order valence-electron chi connectivity index (χ4n) is 3.00. The summed E-state index contributed by atoms with van der Waals surface area (Å²) in [5, 5.41) is 5.04. The van der Waals surface area contributed by atoms with Crippen molar-refractivity contribution >= 4 is 41.1 Å². The molecule has 0 unspecified atom stereocenters. The molecule has 3 rings (SSSR count). The summed E-state index contributed by atoms with van der Waals surface area (Å²) in [7, 11) is 3.22. The maximum atomic E-state index is 11.8. The Bertz CT molecular complexity index is 1120.